The topological polar surface area (TPSA) is 99.7 Å². The molecule has 4 N–H and O–H groups in total. The van der Waals surface area contributed by atoms with Crippen LogP contribution in [-0.4, -0.2) is 60.4 Å². The number of nitrogens with one attached hydrogen (secondary N) is 3. The summed E-state index contributed by atoms with van der Waals surface area (Å²) in [6, 6.07) is -0.374. The summed E-state index contributed by atoms with van der Waals surface area (Å²) < 4.78 is 5.76. The van der Waals surface area contributed by atoms with E-state index >= 15 is 0 Å². The first-order valence-electron chi connectivity index (χ1n) is 7.75. The fourth-order valence-electron chi connectivity index (χ4n) is 2.13. The van der Waals surface area contributed by atoms with Crippen molar-refractivity contribution in [2.24, 2.45) is 0 Å². The Morgan fingerprint density at radius 2 is 1.86 bits per heavy atom. The van der Waals surface area contributed by atoms with Crippen molar-refractivity contribution >= 4 is 11.8 Å². The van der Waals surface area contributed by atoms with E-state index < -0.39 is 18.1 Å². The van der Waals surface area contributed by atoms with E-state index in [1.807, 2.05) is 27.7 Å². The van der Waals surface area contributed by atoms with Crippen LogP contribution in [0.3, 0.4) is 0 Å². The Morgan fingerprint density at radius 3 is 2.32 bits per heavy atom. The summed E-state index contributed by atoms with van der Waals surface area (Å²) >= 11 is 0. The van der Waals surface area contributed by atoms with Crippen molar-refractivity contribution in [2.45, 2.75) is 70.4 Å². The summed E-state index contributed by atoms with van der Waals surface area (Å²) in [5, 5.41) is 17.9. The molecule has 1 rings (SSSR count). The summed E-state index contributed by atoms with van der Waals surface area (Å²) in [6.07, 6.45) is 0.325. The highest BCUT2D eigenvalue weighted by Gasteiger charge is 2.30. The third-order valence-electron chi connectivity index (χ3n) is 3.30. The van der Waals surface area contributed by atoms with Crippen molar-refractivity contribution < 1.29 is 19.4 Å². The van der Waals surface area contributed by atoms with E-state index in [2.05, 4.69) is 16.0 Å². The molecule has 0 aliphatic heterocycles. The highest BCUT2D eigenvalue weighted by molar-refractivity contribution is 5.85. The molecule has 0 radical (unpaired) electrons. The van der Waals surface area contributed by atoms with Crippen LogP contribution in [0.4, 0.5) is 0 Å². The van der Waals surface area contributed by atoms with Crippen LogP contribution in [0.2, 0.25) is 0 Å². The van der Waals surface area contributed by atoms with E-state index in [1.54, 1.807) is 7.05 Å². The van der Waals surface area contributed by atoms with Gasteiger partial charge in [-0.1, -0.05) is 0 Å². The van der Waals surface area contributed by atoms with Gasteiger partial charge in [-0.05, 0) is 47.6 Å². The lowest BCUT2D eigenvalue weighted by molar-refractivity contribution is -0.133. The minimum atomic E-state index is -1.24. The first-order chi connectivity index (χ1) is 10.1. The Balaban J connectivity index is 2.41. The number of ether oxygens (including phenoxy) is 1. The molecule has 3 atom stereocenters. The molecule has 3 unspecified atom stereocenters. The summed E-state index contributed by atoms with van der Waals surface area (Å²) in [5.41, 5.74) is -0.363. The van der Waals surface area contributed by atoms with E-state index in [-0.39, 0.29) is 30.2 Å². The van der Waals surface area contributed by atoms with Crippen molar-refractivity contribution in [1.82, 2.24) is 16.0 Å². The maximum Gasteiger partial charge on any atom is 0.250 e. The molecule has 0 aromatic heterocycles. The standard InChI is InChI=1S/C15H29N3O4/c1-9(22-15(2,3)4)12(16-5)14(21)17-8-11(19)13(20)18-10-6-7-10/h9-12,16,19H,6-8H2,1-5H3,(H,17,21)(H,18,20). The van der Waals surface area contributed by atoms with Crippen LogP contribution >= 0.6 is 0 Å². The van der Waals surface area contributed by atoms with E-state index in [1.165, 1.54) is 0 Å². The molecule has 22 heavy (non-hydrogen) atoms. The van der Waals surface area contributed by atoms with Crippen LogP contribution in [0.1, 0.15) is 40.5 Å². The zero-order valence-electron chi connectivity index (χ0n) is 14.1. The molecule has 0 aromatic rings. The van der Waals surface area contributed by atoms with Crippen molar-refractivity contribution in [3.8, 4) is 0 Å². The van der Waals surface area contributed by atoms with Gasteiger partial charge in [0.05, 0.1) is 18.2 Å². The Morgan fingerprint density at radius 1 is 1.27 bits per heavy atom. The quantitative estimate of drug-likeness (QED) is 0.485. The largest absolute Gasteiger partial charge is 0.381 e. The van der Waals surface area contributed by atoms with Gasteiger partial charge in [-0.15, -0.1) is 0 Å². The lowest BCUT2D eigenvalue weighted by Gasteiger charge is -2.30. The normalized spacial score (nSPS) is 19.2. The van der Waals surface area contributed by atoms with Gasteiger partial charge in [-0.2, -0.15) is 0 Å². The van der Waals surface area contributed by atoms with Gasteiger partial charge in [0.15, 0.2) is 0 Å². The van der Waals surface area contributed by atoms with Crippen LogP contribution < -0.4 is 16.0 Å². The van der Waals surface area contributed by atoms with Gasteiger partial charge in [-0.3, -0.25) is 9.59 Å². The molecule has 2 amide bonds. The first kappa shape index (κ1) is 18.9. The molecular weight excluding hydrogens is 286 g/mol. The van der Waals surface area contributed by atoms with Crippen LogP contribution in [0.25, 0.3) is 0 Å². The van der Waals surface area contributed by atoms with Gasteiger partial charge < -0.3 is 25.8 Å². The summed E-state index contributed by atoms with van der Waals surface area (Å²) in [6.45, 7) is 7.44. The third kappa shape index (κ3) is 6.72. The molecule has 1 saturated carbocycles. The van der Waals surface area contributed by atoms with E-state index in [9.17, 15) is 14.7 Å². The minimum absolute atomic E-state index is 0.113. The molecule has 0 heterocycles. The van der Waals surface area contributed by atoms with Crippen molar-refractivity contribution in [3.63, 3.8) is 0 Å². The second-order valence-corrected chi connectivity index (χ2v) is 6.75. The Hall–Kier alpha value is -1.18. The summed E-state index contributed by atoms with van der Waals surface area (Å²) in [5.74, 6) is -0.750. The van der Waals surface area contributed by atoms with Crippen LogP contribution in [0, 0.1) is 0 Å². The first-order valence-corrected chi connectivity index (χ1v) is 7.75. The van der Waals surface area contributed by atoms with Gasteiger partial charge >= 0.3 is 0 Å². The molecular formula is C15H29N3O4. The number of rotatable bonds is 8. The van der Waals surface area contributed by atoms with Crippen LogP contribution in [0.5, 0.6) is 0 Å². The van der Waals surface area contributed by atoms with Crippen molar-refractivity contribution in [1.29, 1.82) is 0 Å². The highest BCUT2D eigenvalue weighted by Crippen LogP contribution is 2.18. The number of carbonyl (C=O) groups excluding carboxylic acids is 2. The molecule has 0 spiro atoms. The van der Waals surface area contributed by atoms with Gasteiger partial charge in [0.2, 0.25) is 5.91 Å². The minimum Gasteiger partial charge on any atom is -0.381 e. The monoisotopic (exact) mass is 315 g/mol. The molecule has 1 aliphatic carbocycles. The van der Waals surface area contributed by atoms with Gasteiger partial charge in [0.1, 0.15) is 12.1 Å². The van der Waals surface area contributed by atoms with Gasteiger partial charge in [0, 0.05) is 6.04 Å². The maximum atomic E-state index is 12.2. The molecule has 7 heteroatoms. The van der Waals surface area contributed by atoms with Crippen LogP contribution in [0.15, 0.2) is 0 Å². The number of aliphatic hydroxyl groups excluding tert-OH is 1. The van der Waals surface area contributed by atoms with Gasteiger partial charge in [0.25, 0.3) is 5.91 Å². The highest BCUT2D eigenvalue weighted by atomic mass is 16.5. The van der Waals surface area contributed by atoms with Crippen molar-refractivity contribution in [3.05, 3.63) is 0 Å². The number of aliphatic hydroxyl groups is 1. The number of carbonyl (C=O) groups is 2. The van der Waals surface area contributed by atoms with E-state index in [0.717, 1.165) is 12.8 Å². The predicted octanol–water partition coefficient (Wildman–Crippen LogP) is -0.466. The molecule has 0 saturated heterocycles. The fourth-order valence-corrected chi connectivity index (χ4v) is 2.13. The van der Waals surface area contributed by atoms with Gasteiger partial charge in [-0.25, -0.2) is 0 Å². The molecule has 1 aliphatic rings. The van der Waals surface area contributed by atoms with E-state index in [0.29, 0.717) is 0 Å². The maximum absolute atomic E-state index is 12.2. The number of hydrogen-bond acceptors (Lipinski definition) is 5. The lowest BCUT2D eigenvalue weighted by Crippen LogP contribution is -2.53. The SMILES string of the molecule is CNC(C(=O)NCC(O)C(=O)NC1CC1)C(C)OC(C)(C)C. The number of amides is 2. The second kappa shape index (κ2) is 7.89. The smallest absolute Gasteiger partial charge is 0.250 e. The third-order valence-corrected chi connectivity index (χ3v) is 3.30. The summed E-state index contributed by atoms with van der Waals surface area (Å²) in [4.78, 5) is 23.8. The average Bonchev–Trinajstić information content (AvgIpc) is 3.18. The second-order valence-electron chi connectivity index (χ2n) is 6.75. The molecule has 128 valence electrons. The molecule has 1 fully saturated rings. The summed E-state index contributed by atoms with van der Waals surface area (Å²) in [7, 11) is 1.67. The molecule has 7 nitrogen and oxygen atoms in total. The van der Waals surface area contributed by atoms with Crippen LogP contribution in [-0.2, 0) is 14.3 Å². The molecule has 0 aromatic carbocycles. The Kier molecular flexibility index (Phi) is 6.77. The number of likely N-dealkylation sites (N-methyl/N-ethyl adjacent to an activating group) is 1. The fraction of sp³-hybridized carbons (Fsp3) is 0.867. The Labute approximate surface area is 132 Å². The van der Waals surface area contributed by atoms with E-state index in [4.69, 9.17) is 4.74 Å². The predicted molar refractivity (Wildman–Crippen MR) is 83.3 cm³/mol. The average molecular weight is 315 g/mol. The Bertz CT molecular complexity index is 391. The van der Waals surface area contributed by atoms with Crippen molar-refractivity contribution in [2.75, 3.05) is 13.6 Å². The lowest BCUT2D eigenvalue weighted by atomic mass is 10.1. The zero-order chi connectivity index (χ0) is 16.9. The molecule has 0 bridgehead atoms. The zero-order valence-corrected chi connectivity index (χ0v) is 14.1. The number of hydrogen-bond donors (Lipinski definition) is 4.